The van der Waals surface area contributed by atoms with Crippen molar-refractivity contribution in [2.75, 3.05) is 26.2 Å². The van der Waals surface area contributed by atoms with Gasteiger partial charge in [-0.2, -0.15) is 5.10 Å². The number of aromatic nitrogens is 2. The number of halogens is 1. The van der Waals surface area contributed by atoms with Crippen LogP contribution in [-0.2, 0) is 22.6 Å². The van der Waals surface area contributed by atoms with E-state index in [-0.39, 0.29) is 37.4 Å². The highest BCUT2D eigenvalue weighted by Gasteiger charge is 2.23. The summed E-state index contributed by atoms with van der Waals surface area (Å²) in [6.45, 7) is 4.66. The molecule has 0 bridgehead atoms. The first-order valence-corrected chi connectivity index (χ1v) is 13.5. The monoisotopic (exact) mass is 551 g/mol. The molecule has 2 aromatic carbocycles. The summed E-state index contributed by atoms with van der Waals surface area (Å²) in [6, 6.07) is 16.2. The Hall–Kier alpha value is -3.85. The summed E-state index contributed by atoms with van der Waals surface area (Å²) in [7, 11) is 0. The van der Waals surface area contributed by atoms with Crippen LogP contribution in [0.25, 0.3) is 0 Å². The molecule has 3 aromatic rings. The van der Waals surface area contributed by atoms with Gasteiger partial charge in [-0.15, -0.1) is 0 Å². The van der Waals surface area contributed by atoms with Crippen LogP contribution in [0.2, 0.25) is 5.02 Å². The minimum atomic E-state index is -0.399. The summed E-state index contributed by atoms with van der Waals surface area (Å²) in [4.78, 5) is 41.0. The predicted octanol–water partition coefficient (Wildman–Crippen LogP) is 3.31. The maximum Gasteiger partial charge on any atom is 0.255 e. The maximum atomic E-state index is 13.3. The number of benzene rings is 2. The molecule has 9 nitrogen and oxygen atoms in total. The van der Waals surface area contributed by atoms with Crippen molar-refractivity contribution < 1.29 is 19.1 Å². The first kappa shape index (κ1) is 28.2. The van der Waals surface area contributed by atoms with Gasteiger partial charge >= 0.3 is 0 Å². The summed E-state index contributed by atoms with van der Waals surface area (Å²) < 4.78 is 7.72. The van der Waals surface area contributed by atoms with Gasteiger partial charge in [0.25, 0.3) is 5.91 Å². The van der Waals surface area contributed by atoms with Gasteiger partial charge < -0.3 is 20.3 Å². The van der Waals surface area contributed by atoms with E-state index >= 15 is 0 Å². The standard InChI is InChI=1S/C29H34ClN5O4/c1-20-14-21(2)35(33-20)18-28(37)34-13-7-6-12-31-29(38)25-16-23(30)10-11-26(25)39-19-24(32-27(36)17-34)15-22-8-4-3-5-9-22/h3-5,8-11,14,16,24H,6-7,12-13,15,17-19H2,1-2H3,(H,31,38)(H,32,36)/t24-/m0/s1. The maximum absolute atomic E-state index is 13.3. The van der Waals surface area contributed by atoms with Crippen molar-refractivity contribution >= 4 is 29.3 Å². The van der Waals surface area contributed by atoms with Gasteiger partial charge in [0, 0.05) is 23.8 Å². The number of carbonyl (C=O) groups is 3. The lowest BCUT2D eigenvalue weighted by Gasteiger charge is -2.25. The average Bonchev–Trinajstić information content (AvgIpc) is 3.22. The quantitative estimate of drug-likeness (QED) is 0.517. The summed E-state index contributed by atoms with van der Waals surface area (Å²) in [5.41, 5.74) is 3.07. The Labute approximate surface area is 233 Å². The minimum absolute atomic E-state index is 0.0519. The molecule has 1 aromatic heterocycles. The van der Waals surface area contributed by atoms with Crippen molar-refractivity contribution in [3.63, 3.8) is 0 Å². The molecule has 0 saturated carbocycles. The van der Waals surface area contributed by atoms with E-state index in [9.17, 15) is 14.4 Å². The summed E-state index contributed by atoms with van der Waals surface area (Å²) in [5, 5.41) is 10.8. The molecule has 0 unspecified atom stereocenters. The number of aryl methyl sites for hydroxylation is 2. The zero-order valence-corrected chi connectivity index (χ0v) is 23.0. The van der Waals surface area contributed by atoms with Gasteiger partial charge in [0.15, 0.2) is 0 Å². The number of amides is 3. The first-order chi connectivity index (χ1) is 18.8. The Balaban J connectivity index is 1.55. The third-order valence-corrected chi connectivity index (χ3v) is 6.77. The van der Waals surface area contributed by atoms with Crippen LogP contribution < -0.4 is 15.4 Å². The number of hydrogen-bond donors (Lipinski definition) is 2. The number of rotatable bonds is 4. The number of carbonyl (C=O) groups excluding carboxylic acids is 3. The van der Waals surface area contributed by atoms with E-state index < -0.39 is 6.04 Å². The lowest BCUT2D eigenvalue weighted by molar-refractivity contribution is -0.137. The third kappa shape index (κ3) is 8.07. The van der Waals surface area contributed by atoms with Crippen LogP contribution in [0, 0.1) is 13.8 Å². The Morgan fingerprint density at radius 3 is 2.64 bits per heavy atom. The van der Waals surface area contributed by atoms with E-state index in [1.54, 1.807) is 27.8 Å². The van der Waals surface area contributed by atoms with Gasteiger partial charge in [-0.1, -0.05) is 41.9 Å². The van der Waals surface area contributed by atoms with E-state index in [1.165, 1.54) is 0 Å². The second kappa shape index (κ2) is 13.3. The van der Waals surface area contributed by atoms with Crippen molar-refractivity contribution in [3.05, 3.63) is 82.1 Å². The van der Waals surface area contributed by atoms with Crippen LogP contribution in [-0.4, -0.2) is 64.7 Å². The van der Waals surface area contributed by atoms with Crippen LogP contribution in [0.4, 0.5) is 0 Å². The number of nitrogens with zero attached hydrogens (tertiary/aromatic N) is 3. The van der Waals surface area contributed by atoms with Crippen molar-refractivity contribution in [3.8, 4) is 5.75 Å². The van der Waals surface area contributed by atoms with Crippen molar-refractivity contribution in [2.45, 2.75) is 45.7 Å². The average molecular weight is 552 g/mol. The molecule has 0 radical (unpaired) electrons. The lowest BCUT2D eigenvalue weighted by atomic mass is 10.1. The van der Waals surface area contributed by atoms with Crippen molar-refractivity contribution in [1.29, 1.82) is 0 Å². The second-order valence-electron chi connectivity index (χ2n) is 9.77. The van der Waals surface area contributed by atoms with E-state index in [0.29, 0.717) is 48.7 Å². The van der Waals surface area contributed by atoms with E-state index in [2.05, 4.69) is 15.7 Å². The largest absolute Gasteiger partial charge is 0.491 e. The van der Waals surface area contributed by atoms with Crippen LogP contribution >= 0.6 is 11.6 Å². The normalized spacial score (nSPS) is 17.2. The van der Waals surface area contributed by atoms with Gasteiger partial charge in [-0.3, -0.25) is 19.1 Å². The van der Waals surface area contributed by atoms with Gasteiger partial charge in [-0.25, -0.2) is 0 Å². The zero-order chi connectivity index (χ0) is 27.8. The molecule has 1 atom stereocenters. The van der Waals surface area contributed by atoms with Gasteiger partial charge in [0.1, 0.15) is 18.9 Å². The highest BCUT2D eigenvalue weighted by Crippen LogP contribution is 2.23. The molecule has 2 heterocycles. The molecule has 10 heteroatoms. The lowest BCUT2D eigenvalue weighted by Crippen LogP contribution is -2.47. The molecule has 2 N–H and O–H groups in total. The van der Waals surface area contributed by atoms with Crippen LogP contribution in [0.5, 0.6) is 5.75 Å². The van der Waals surface area contributed by atoms with Gasteiger partial charge in [0.05, 0.1) is 23.8 Å². The molecule has 0 spiro atoms. The van der Waals surface area contributed by atoms with Gasteiger partial charge in [0.2, 0.25) is 11.8 Å². The minimum Gasteiger partial charge on any atom is -0.491 e. The molecule has 0 saturated heterocycles. The molecular weight excluding hydrogens is 518 g/mol. The Morgan fingerprint density at radius 2 is 1.90 bits per heavy atom. The van der Waals surface area contributed by atoms with Crippen LogP contribution in [0.15, 0.2) is 54.6 Å². The fourth-order valence-corrected chi connectivity index (χ4v) is 4.74. The highest BCUT2D eigenvalue weighted by molar-refractivity contribution is 6.31. The smallest absolute Gasteiger partial charge is 0.255 e. The van der Waals surface area contributed by atoms with Crippen molar-refractivity contribution in [1.82, 2.24) is 25.3 Å². The Bertz CT molecular complexity index is 1310. The molecule has 1 aliphatic rings. The number of hydrogen-bond acceptors (Lipinski definition) is 5. The number of ether oxygens (including phenoxy) is 1. The number of fused-ring (bicyclic) bond motifs is 1. The molecule has 39 heavy (non-hydrogen) atoms. The molecule has 3 amide bonds. The number of nitrogens with one attached hydrogen (secondary N) is 2. The second-order valence-corrected chi connectivity index (χ2v) is 10.2. The van der Waals surface area contributed by atoms with Crippen molar-refractivity contribution in [2.24, 2.45) is 0 Å². The molecule has 0 aliphatic carbocycles. The topological polar surface area (TPSA) is 106 Å². The zero-order valence-electron chi connectivity index (χ0n) is 22.3. The fourth-order valence-electron chi connectivity index (χ4n) is 4.57. The molecule has 206 valence electrons. The summed E-state index contributed by atoms with van der Waals surface area (Å²) in [6.07, 6.45) is 1.76. The molecule has 0 fully saturated rings. The van der Waals surface area contributed by atoms with Crippen LogP contribution in [0.3, 0.4) is 0 Å². The van der Waals surface area contributed by atoms with E-state index in [1.807, 2.05) is 50.2 Å². The fraction of sp³-hybridized carbons (Fsp3) is 0.379. The molecule has 1 aliphatic heterocycles. The first-order valence-electron chi connectivity index (χ1n) is 13.1. The SMILES string of the molecule is Cc1cc(C)n(CC(=O)N2CCCCNC(=O)c3cc(Cl)ccc3OC[C@H](Cc3ccccc3)NC(=O)C2)n1. The Kier molecular flexibility index (Phi) is 9.59. The molecular formula is C29H34ClN5O4. The third-order valence-electron chi connectivity index (χ3n) is 6.53. The summed E-state index contributed by atoms with van der Waals surface area (Å²) >= 11 is 6.17. The predicted molar refractivity (Wildman–Crippen MR) is 149 cm³/mol. The van der Waals surface area contributed by atoms with Gasteiger partial charge in [-0.05, 0) is 62.9 Å². The van der Waals surface area contributed by atoms with Crippen LogP contribution in [0.1, 0.15) is 40.2 Å². The molecule has 4 rings (SSSR count). The van der Waals surface area contributed by atoms with E-state index in [0.717, 1.165) is 17.0 Å². The Morgan fingerprint density at radius 1 is 1.10 bits per heavy atom. The van der Waals surface area contributed by atoms with E-state index in [4.69, 9.17) is 16.3 Å². The summed E-state index contributed by atoms with van der Waals surface area (Å²) in [5.74, 6) is -0.367. The highest BCUT2D eigenvalue weighted by atomic mass is 35.5.